The highest BCUT2D eigenvalue weighted by Crippen LogP contribution is 2.38. The van der Waals surface area contributed by atoms with Gasteiger partial charge in [-0.2, -0.15) is 0 Å². The summed E-state index contributed by atoms with van der Waals surface area (Å²) >= 11 is 1.16. The van der Waals surface area contributed by atoms with Crippen molar-refractivity contribution in [2.45, 2.75) is 39.2 Å². The molecular weight excluding hydrogens is 560 g/mol. The summed E-state index contributed by atoms with van der Waals surface area (Å²) < 4.78 is 18.3. The molecule has 0 saturated carbocycles. The minimum absolute atomic E-state index is 0.0609. The predicted molar refractivity (Wildman–Crippen MR) is 159 cm³/mol. The molecule has 0 amide bonds. The summed E-state index contributed by atoms with van der Waals surface area (Å²) in [4.78, 5) is 45.9. The molecule has 1 saturated heterocycles. The van der Waals surface area contributed by atoms with Crippen molar-refractivity contribution < 1.29 is 23.9 Å². The zero-order valence-corrected chi connectivity index (χ0v) is 24.7. The van der Waals surface area contributed by atoms with Gasteiger partial charge in [0.15, 0.2) is 4.80 Å². The van der Waals surface area contributed by atoms with E-state index in [1.165, 1.54) is 30.9 Å². The Kier molecular flexibility index (Phi) is 8.44. The van der Waals surface area contributed by atoms with Crippen LogP contribution in [-0.2, 0) is 9.53 Å². The third-order valence-electron chi connectivity index (χ3n) is 7.45. The van der Waals surface area contributed by atoms with Crippen molar-refractivity contribution in [3.63, 3.8) is 0 Å². The van der Waals surface area contributed by atoms with Crippen molar-refractivity contribution in [1.29, 1.82) is 0 Å². The SMILES string of the molecule is CCOC(=O)C1=C(C)N=c2sc(=Cc3cc([N+](=O)[O-])ccc3N3CCCCC3)c(=O)n2[C@@H]1c1cc(OC)ccc1OC. The van der Waals surface area contributed by atoms with Crippen molar-refractivity contribution in [2.24, 2.45) is 4.99 Å². The number of methoxy groups -OCH3 is 2. The van der Waals surface area contributed by atoms with Crippen LogP contribution >= 0.6 is 11.3 Å². The topological polar surface area (TPSA) is 126 Å². The minimum Gasteiger partial charge on any atom is -0.497 e. The predicted octanol–water partition coefficient (Wildman–Crippen LogP) is 3.71. The molecule has 2 aliphatic rings. The zero-order chi connectivity index (χ0) is 30.0. The van der Waals surface area contributed by atoms with Crippen LogP contribution in [0.25, 0.3) is 6.08 Å². The molecule has 0 unspecified atom stereocenters. The van der Waals surface area contributed by atoms with E-state index in [1.54, 1.807) is 44.2 Å². The van der Waals surface area contributed by atoms with Gasteiger partial charge in [-0.25, -0.2) is 9.79 Å². The number of carbonyl (C=O) groups is 1. The number of hydrogen-bond acceptors (Lipinski definition) is 10. The first-order valence-corrected chi connectivity index (χ1v) is 14.5. The number of carbonyl (C=O) groups excluding carboxylic acids is 1. The summed E-state index contributed by atoms with van der Waals surface area (Å²) in [6.07, 6.45) is 4.87. The fourth-order valence-electron chi connectivity index (χ4n) is 5.47. The quantitative estimate of drug-likeness (QED) is 0.220. The van der Waals surface area contributed by atoms with E-state index in [0.717, 1.165) is 49.4 Å². The lowest BCUT2D eigenvalue weighted by Gasteiger charge is -2.30. The molecule has 5 rings (SSSR count). The molecule has 42 heavy (non-hydrogen) atoms. The molecule has 3 aromatic rings. The number of piperidine rings is 1. The summed E-state index contributed by atoms with van der Waals surface area (Å²) in [7, 11) is 3.05. The molecule has 3 heterocycles. The van der Waals surface area contributed by atoms with Crippen LogP contribution in [-0.4, -0.2) is 49.4 Å². The lowest BCUT2D eigenvalue weighted by atomic mass is 9.94. The van der Waals surface area contributed by atoms with Crippen LogP contribution in [0.5, 0.6) is 11.5 Å². The van der Waals surface area contributed by atoms with Gasteiger partial charge in [-0.3, -0.25) is 19.5 Å². The van der Waals surface area contributed by atoms with E-state index >= 15 is 0 Å². The molecule has 0 spiro atoms. The van der Waals surface area contributed by atoms with Gasteiger partial charge in [0.2, 0.25) is 0 Å². The highest BCUT2D eigenvalue weighted by atomic mass is 32.1. The molecule has 0 N–H and O–H groups in total. The second-order valence-electron chi connectivity index (χ2n) is 9.96. The lowest BCUT2D eigenvalue weighted by Crippen LogP contribution is -2.40. The fourth-order valence-corrected chi connectivity index (χ4v) is 6.51. The molecule has 1 atom stereocenters. The number of rotatable bonds is 8. The maximum absolute atomic E-state index is 14.2. The van der Waals surface area contributed by atoms with E-state index in [-0.39, 0.29) is 23.4 Å². The van der Waals surface area contributed by atoms with Crippen LogP contribution < -0.4 is 29.3 Å². The Morgan fingerprint density at radius 3 is 2.57 bits per heavy atom. The van der Waals surface area contributed by atoms with Crippen molar-refractivity contribution in [3.8, 4) is 11.5 Å². The number of nitro groups is 1. The van der Waals surface area contributed by atoms with Crippen LogP contribution in [0.4, 0.5) is 11.4 Å². The van der Waals surface area contributed by atoms with Gasteiger partial charge in [0, 0.05) is 42.0 Å². The standard InChI is InChI=1S/C30H32N4O7S/c1-5-41-29(36)26-18(2)31-30-33(27(26)22-17-21(39-3)10-12-24(22)40-4)28(35)25(42-30)16-19-15-20(34(37)38)9-11-23(19)32-13-7-6-8-14-32/h9-12,15-17,27H,5-8,13-14H2,1-4H3/t27-/m1/s1. The largest absolute Gasteiger partial charge is 0.497 e. The van der Waals surface area contributed by atoms with Gasteiger partial charge in [-0.1, -0.05) is 11.3 Å². The smallest absolute Gasteiger partial charge is 0.338 e. The van der Waals surface area contributed by atoms with E-state index in [0.29, 0.717) is 37.7 Å². The Hall–Kier alpha value is -4.45. The first kappa shape index (κ1) is 29.1. The molecule has 0 radical (unpaired) electrons. The van der Waals surface area contributed by atoms with E-state index in [4.69, 9.17) is 14.2 Å². The van der Waals surface area contributed by atoms with E-state index in [2.05, 4.69) is 9.89 Å². The van der Waals surface area contributed by atoms with Crippen LogP contribution in [0, 0.1) is 10.1 Å². The second kappa shape index (κ2) is 12.2. The van der Waals surface area contributed by atoms with Gasteiger partial charge in [-0.15, -0.1) is 0 Å². The normalized spacial score (nSPS) is 17.0. The van der Waals surface area contributed by atoms with Crippen molar-refractivity contribution in [3.05, 3.63) is 88.6 Å². The lowest BCUT2D eigenvalue weighted by molar-refractivity contribution is -0.384. The van der Waals surface area contributed by atoms with Crippen LogP contribution in [0.3, 0.4) is 0 Å². The Balaban J connectivity index is 1.76. The maximum atomic E-state index is 14.2. The van der Waals surface area contributed by atoms with Crippen molar-refractivity contribution in [2.75, 3.05) is 38.8 Å². The molecule has 12 heteroatoms. The van der Waals surface area contributed by atoms with Gasteiger partial charge < -0.3 is 19.1 Å². The Morgan fingerprint density at radius 1 is 1.14 bits per heavy atom. The number of non-ortho nitro benzene ring substituents is 1. The minimum atomic E-state index is -0.904. The average Bonchev–Trinajstić information content (AvgIpc) is 3.30. The monoisotopic (exact) mass is 592 g/mol. The van der Waals surface area contributed by atoms with E-state index in [9.17, 15) is 19.7 Å². The van der Waals surface area contributed by atoms with Crippen LogP contribution in [0.1, 0.15) is 50.3 Å². The molecule has 0 aliphatic carbocycles. The number of nitrogens with zero attached hydrogens (tertiary/aromatic N) is 4. The summed E-state index contributed by atoms with van der Waals surface area (Å²) in [6, 6.07) is 9.02. The fraction of sp³-hybridized carbons (Fsp3) is 0.367. The van der Waals surface area contributed by atoms with Gasteiger partial charge in [0.1, 0.15) is 17.5 Å². The number of hydrogen-bond donors (Lipinski definition) is 0. The third-order valence-corrected chi connectivity index (χ3v) is 8.44. The molecule has 1 fully saturated rings. The molecule has 11 nitrogen and oxygen atoms in total. The van der Waals surface area contributed by atoms with E-state index < -0.39 is 16.9 Å². The molecule has 220 valence electrons. The molecule has 0 bridgehead atoms. The van der Waals surface area contributed by atoms with Gasteiger partial charge in [-0.05, 0) is 63.5 Å². The Bertz CT molecular complexity index is 1750. The number of allylic oxidation sites excluding steroid dienone is 1. The summed E-state index contributed by atoms with van der Waals surface area (Å²) in [5.74, 6) is 0.389. The molecule has 2 aromatic carbocycles. The molecule has 2 aliphatic heterocycles. The second-order valence-corrected chi connectivity index (χ2v) is 11.0. The van der Waals surface area contributed by atoms with Gasteiger partial charge >= 0.3 is 5.97 Å². The Labute approximate surface area is 246 Å². The third kappa shape index (κ3) is 5.41. The number of fused-ring (bicyclic) bond motifs is 1. The number of nitro benzene ring substituents is 1. The first-order chi connectivity index (χ1) is 20.3. The van der Waals surface area contributed by atoms with Crippen LogP contribution in [0.15, 0.2) is 57.5 Å². The van der Waals surface area contributed by atoms with Crippen molar-refractivity contribution in [1.82, 2.24) is 4.57 Å². The average molecular weight is 593 g/mol. The zero-order valence-electron chi connectivity index (χ0n) is 23.9. The van der Waals surface area contributed by atoms with Gasteiger partial charge in [0.05, 0.1) is 41.6 Å². The maximum Gasteiger partial charge on any atom is 0.338 e. The number of benzene rings is 2. The molecule has 1 aromatic heterocycles. The number of aromatic nitrogens is 1. The van der Waals surface area contributed by atoms with E-state index in [1.807, 2.05) is 0 Å². The summed E-state index contributed by atoms with van der Waals surface area (Å²) in [6.45, 7) is 5.23. The highest BCUT2D eigenvalue weighted by Gasteiger charge is 2.35. The van der Waals surface area contributed by atoms with Crippen LogP contribution in [0.2, 0.25) is 0 Å². The number of anilines is 1. The summed E-state index contributed by atoms with van der Waals surface area (Å²) in [5.41, 5.74) is 2.13. The number of esters is 1. The Morgan fingerprint density at radius 2 is 1.90 bits per heavy atom. The number of thiazole rings is 1. The highest BCUT2D eigenvalue weighted by molar-refractivity contribution is 7.07. The number of ether oxygens (including phenoxy) is 3. The van der Waals surface area contributed by atoms with Gasteiger partial charge in [0.25, 0.3) is 11.2 Å². The van der Waals surface area contributed by atoms with Crippen molar-refractivity contribution >= 4 is 34.8 Å². The summed E-state index contributed by atoms with van der Waals surface area (Å²) in [5, 5.41) is 11.6. The molecular formula is C30H32N4O7S. The first-order valence-electron chi connectivity index (χ1n) is 13.7.